The Bertz CT molecular complexity index is 1030. The lowest BCUT2D eigenvalue weighted by Gasteiger charge is -2.31. The van der Waals surface area contributed by atoms with Gasteiger partial charge in [0.25, 0.3) is 5.91 Å². The molecule has 31 heavy (non-hydrogen) atoms. The Morgan fingerprint density at radius 3 is 2.81 bits per heavy atom. The summed E-state index contributed by atoms with van der Waals surface area (Å²) in [4.78, 5) is 37.7. The molecule has 3 amide bonds. The maximum Gasteiger partial charge on any atom is 0.328 e. The third kappa shape index (κ3) is 2.76. The first-order chi connectivity index (χ1) is 15.2. The second-order valence-electron chi connectivity index (χ2n) is 9.25. The highest BCUT2D eigenvalue weighted by Crippen LogP contribution is 2.58. The highest BCUT2D eigenvalue weighted by molar-refractivity contribution is 6.08. The number of carbonyl (C=O) groups is 2. The second-order valence-corrected chi connectivity index (χ2v) is 9.25. The van der Waals surface area contributed by atoms with Crippen molar-refractivity contribution in [2.75, 3.05) is 39.4 Å². The number of nitrogens with zero attached hydrogens (tertiary/aromatic N) is 4. The number of benzene rings is 1. The van der Waals surface area contributed by atoms with Gasteiger partial charge in [0, 0.05) is 37.8 Å². The molecular formula is C24H28N4O3. The number of fused-ring (bicyclic) bond motifs is 1. The first-order valence-corrected chi connectivity index (χ1v) is 11.5. The zero-order valence-corrected chi connectivity index (χ0v) is 17.7. The topological polar surface area (TPSA) is 66.0 Å². The number of carbonyl (C=O) groups excluding carboxylic acids is 2. The molecule has 162 valence electrons. The fourth-order valence-electron chi connectivity index (χ4n) is 6.42. The maximum absolute atomic E-state index is 13.7. The van der Waals surface area contributed by atoms with Crippen molar-refractivity contribution in [2.24, 2.45) is 5.92 Å². The Balaban J connectivity index is 1.34. The van der Waals surface area contributed by atoms with Crippen LogP contribution in [-0.2, 0) is 9.53 Å². The summed E-state index contributed by atoms with van der Waals surface area (Å²) in [6, 6.07) is 9.96. The van der Waals surface area contributed by atoms with E-state index in [2.05, 4.69) is 16.0 Å². The van der Waals surface area contributed by atoms with Crippen LogP contribution in [0.4, 0.5) is 4.79 Å². The van der Waals surface area contributed by atoms with Crippen molar-refractivity contribution < 1.29 is 14.3 Å². The maximum atomic E-state index is 13.7. The summed E-state index contributed by atoms with van der Waals surface area (Å²) in [6.07, 6.45) is 5.52. The number of pyridine rings is 1. The van der Waals surface area contributed by atoms with Gasteiger partial charge in [0.1, 0.15) is 5.54 Å². The van der Waals surface area contributed by atoms with Crippen LogP contribution in [-0.4, -0.2) is 76.6 Å². The molecule has 0 radical (unpaired) electrons. The molecule has 4 heterocycles. The Morgan fingerprint density at radius 1 is 1.10 bits per heavy atom. The molecule has 1 spiro atoms. The van der Waals surface area contributed by atoms with E-state index in [1.807, 2.05) is 35.4 Å². The van der Waals surface area contributed by atoms with Gasteiger partial charge in [-0.2, -0.15) is 0 Å². The molecule has 0 N–H and O–H groups in total. The highest BCUT2D eigenvalue weighted by Gasteiger charge is 2.68. The van der Waals surface area contributed by atoms with E-state index in [0.717, 1.165) is 75.0 Å². The van der Waals surface area contributed by atoms with Crippen molar-refractivity contribution in [3.05, 3.63) is 42.1 Å². The molecule has 1 aromatic carbocycles. The van der Waals surface area contributed by atoms with E-state index in [-0.39, 0.29) is 23.9 Å². The molecular weight excluding hydrogens is 392 g/mol. The molecule has 2 aromatic rings. The number of hydrogen-bond acceptors (Lipinski definition) is 5. The Hall–Kier alpha value is -2.51. The number of amides is 3. The quantitative estimate of drug-likeness (QED) is 0.712. The van der Waals surface area contributed by atoms with Crippen LogP contribution in [0.15, 0.2) is 36.5 Å². The van der Waals surface area contributed by atoms with Crippen LogP contribution < -0.4 is 0 Å². The summed E-state index contributed by atoms with van der Waals surface area (Å²) in [6.45, 7) is 4.35. The summed E-state index contributed by atoms with van der Waals surface area (Å²) in [5.41, 5.74) is 1.42. The second kappa shape index (κ2) is 7.28. The van der Waals surface area contributed by atoms with Gasteiger partial charge in [0.2, 0.25) is 0 Å². The van der Waals surface area contributed by atoms with Crippen LogP contribution in [0.5, 0.6) is 0 Å². The van der Waals surface area contributed by atoms with Gasteiger partial charge in [-0.3, -0.25) is 19.6 Å². The number of imide groups is 1. The lowest BCUT2D eigenvalue weighted by Crippen LogP contribution is -2.48. The summed E-state index contributed by atoms with van der Waals surface area (Å²) >= 11 is 0. The number of urea groups is 1. The lowest BCUT2D eigenvalue weighted by molar-refractivity contribution is -0.133. The Labute approximate surface area is 181 Å². The van der Waals surface area contributed by atoms with E-state index in [4.69, 9.17) is 4.74 Å². The van der Waals surface area contributed by atoms with Crippen molar-refractivity contribution in [3.8, 4) is 0 Å². The van der Waals surface area contributed by atoms with Gasteiger partial charge >= 0.3 is 6.03 Å². The molecule has 3 saturated heterocycles. The van der Waals surface area contributed by atoms with Gasteiger partial charge < -0.3 is 9.64 Å². The zero-order valence-electron chi connectivity index (χ0n) is 17.7. The van der Waals surface area contributed by atoms with Gasteiger partial charge in [0.15, 0.2) is 0 Å². The molecule has 3 aliphatic heterocycles. The van der Waals surface area contributed by atoms with Crippen LogP contribution in [0.1, 0.15) is 37.3 Å². The lowest BCUT2D eigenvalue weighted by atomic mass is 9.87. The minimum Gasteiger partial charge on any atom is -0.379 e. The molecule has 1 aliphatic carbocycles. The van der Waals surface area contributed by atoms with Crippen molar-refractivity contribution in [3.63, 3.8) is 0 Å². The van der Waals surface area contributed by atoms with Gasteiger partial charge in [-0.05, 0) is 42.9 Å². The minimum absolute atomic E-state index is 0.0362. The average Bonchev–Trinajstić information content (AvgIpc) is 3.41. The molecule has 4 fully saturated rings. The number of rotatable bonds is 4. The molecule has 1 saturated carbocycles. The number of aromatic nitrogens is 1. The summed E-state index contributed by atoms with van der Waals surface area (Å²) in [5, 5.41) is 1.08. The molecule has 3 atom stereocenters. The number of morpholine rings is 1. The molecule has 0 bridgehead atoms. The third-order valence-electron chi connectivity index (χ3n) is 7.87. The molecule has 1 aromatic heterocycles. The van der Waals surface area contributed by atoms with Gasteiger partial charge in [0.05, 0.1) is 24.8 Å². The molecule has 7 nitrogen and oxygen atoms in total. The average molecular weight is 421 g/mol. The number of para-hydroxylation sites is 1. The molecule has 0 unspecified atom stereocenters. The van der Waals surface area contributed by atoms with Crippen LogP contribution >= 0.6 is 0 Å². The van der Waals surface area contributed by atoms with E-state index in [9.17, 15) is 9.59 Å². The summed E-state index contributed by atoms with van der Waals surface area (Å²) in [7, 11) is 0. The zero-order chi connectivity index (χ0) is 21.0. The highest BCUT2D eigenvalue weighted by atomic mass is 16.5. The molecule has 4 aliphatic rings. The normalized spacial score (nSPS) is 31.0. The van der Waals surface area contributed by atoms with E-state index in [1.165, 1.54) is 0 Å². The van der Waals surface area contributed by atoms with Gasteiger partial charge in [-0.15, -0.1) is 0 Å². The van der Waals surface area contributed by atoms with Gasteiger partial charge in [-0.1, -0.05) is 24.6 Å². The van der Waals surface area contributed by atoms with Gasteiger partial charge in [-0.25, -0.2) is 4.79 Å². The predicted octanol–water partition coefficient (Wildman–Crippen LogP) is 2.81. The first-order valence-electron chi connectivity index (χ1n) is 11.5. The van der Waals surface area contributed by atoms with Crippen LogP contribution in [0.2, 0.25) is 0 Å². The van der Waals surface area contributed by atoms with Crippen molar-refractivity contribution in [2.45, 2.75) is 37.3 Å². The third-order valence-corrected chi connectivity index (χ3v) is 7.87. The van der Waals surface area contributed by atoms with Crippen molar-refractivity contribution in [1.82, 2.24) is 19.7 Å². The molecule has 7 heteroatoms. The summed E-state index contributed by atoms with van der Waals surface area (Å²) < 4.78 is 5.43. The summed E-state index contributed by atoms with van der Waals surface area (Å²) in [5.74, 6) is 0.281. The van der Waals surface area contributed by atoms with Crippen LogP contribution in [0.3, 0.4) is 0 Å². The fraction of sp³-hybridized carbons (Fsp3) is 0.542. The van der Waals surface area contributed by atoms with E-state index >= 15 is 0 Å². The fourth-order valence-corrected chi connectivity index (χ4v) is 6.42. The monoisotopic (exact) mass is 420 g/mol. The minimum atomic E-state index is -0.642. The van der Waals surface area contributed by atoms with Crippen molar-refractivity contribution in [1.29, 1.82) is 0 Å². The van der Waals surface area contributed by atoms with Crippen LogP contribution in [0, 0.1) is 5.92 Å². The Kier molecular flexibility index (Phi) is 4.51. The van der Waals surface area contributed by atoms with E-state index < -0.39 is 5.54 Å². The first kappa shape index (κ1) is 19.2. The number of hydrogen-bond donors (Lipinski definition) is 0. The van der Waals surface area contributed by atoms with E-state index in [0.29, 0.717) is 6.54 Å². The predicted molar refractivity (Wildman–Crippen MR) is 115 cm³/mol. The number of ether oxygens (including phenoxy) is 1. The standard InChI is InChI=1S/C24H28N4O3/c29-22-24-8-3-4-17(24)16-21(19-7-9-25-20-6-2-1-5-18(19)20)28(24)23(30)27(22)11-10-26-12-14-31-15-13-26/h1-2,5-7,9,17,21H,3-4,8,10-16H2/t17-,21+,24-/m0/s1. The molecule has 6 rings (SSSR count). The SMILES string of the molecule is O=C1N(CCN2CCOCC2)C(=O)[C@]23CCC[C@H]2C[C@H](c2ccnc4ccccc24)N13. The van der Waals surface area contributed by atoms with Crippen molar-refractivity contribution >= 4 is 22.8 Å². The van der Waals surface area contributed by atoms with Crippen LogP contribution in [0.25, 0.3) is 10.9 Å². The smallest absolute Gasteiger partial charge is 0.328 e. The van der Waals surface area contributed by atoms with E-state index in [1.54, 1.807) is 4.90 Å². The largest absolute Gasteiger partial charge is 0.379 e. The Morgan fingerprint density at radius 2 is 1.94 bits per heavy atom.